The van der Waals surface area contributed by atoms with Crippen LogP contribution in [0.3, 0.4) is 0 Å². The van der Waals surface area contributed by atoms with Gasteiger partial charge in [-0.2, -0.15) is 0 Å². The lowest BCUT2D eigenvalue weighted by atomic mass is 10.2. The van der Waals surface area contributed by atoms with Crippen LogP contribution in [-0.4, -0.2) is 24.0 Å². The molecule has 1 heterocycles. The van der Waals surface area contributed by atoms with Crippen LogP contribution in [0.5, 0.6) is 0 Å². The molecule has 0 saturated carbocycles. The van der Waals surface area contributed by atoms with Crippen molar-refractivity contribution in [3.63, 3.8) is 0 Å². The number of benzene rings is 2. The van der Waals surface area contributed by atoms with Crippen LogP contribution in [0.15, 0.2) is 36.4 Å². The quantitative estimate of drug-likeness (QED) is 0.734. The van der Waals surface area contributed by atoms with Crippen LogP contribution in [0.25, 0.3) is 10.2 Å². The summed E-state index contributed by atoms with van der Waals surface area (Å²) in [5.41, 5.74) is 0.643. The number of amides is 1. The summed E-state index contributed by atoms with van der Waals surface area (Å²) in [7, 11) is 1.28. The molecule has 0 aliphatic carbocycles. The fourth-order valence-corrected chi connectivity index (χ4v) is 2.96. The van der Waals surface area contributed by atoms with E-state index < -0.39 is 23.5 Å². The molecule has 3 rings (SSSR count). The van der Waals surface area contributed by atoms with E-state index in [2.05, 4.69) is 15.0 Å². The van der Waals surface area contributed by atoms with Crippen molar-refractivity contribution in [2.24, 2.45) is 0 Å². The minimum atomic E-state index is -0.957. The Kier molecular flexibility index (Phi) is 4.22. The third kappa shape index (κ3) is 3.09. The van der Waals surface area contributed by atoms with E-state index in [0.717, 1.165) is 23.5 Å². The van der Waals surface area contributed by atoms with Gasteiger partial charge in [-0.25, -0.2) is 18.6 Å². The molecule has 0 unspecified atom stereocenters. The van der Waals surface area contributed by atoms with Gasteiger partial charge in [0, 0.05) is 6.07 Å². The summed E-state index contributed by atoms with van der Waals surface area (Å²) in [5.74, 6) is -2.94. The number of ether oxygens (including phenoxy) is 1. The summed E-state index contributed by atoms with van der Waals surface area (Å²) < 4.78 is 31.8. The Balaban J connectivity index is 1.87. The Morgan fingerprint density at radius 3 is 2.67 bits per heavy atom. The van der Waals surface area contributed by atoms with Crippen molar-refractivity contribution in [1.82, 2.24) is 4.98 Å². The van der Waals surface area contributed by atoms with Gasteiger partial charge in [-0.05, 0) is 30.3 Å². The first-order chi connectivity index (χ1) is 11.5. The molecule has 3 aromatic rings. The van der Waals surface area contributed by atoms with Crippen LogP contribution in [0.4, 0.5) is 13.9 Å². The largest absolute Gasteiger partial charge is 0.465 e. The lowest BCUT2D eigenvalue weighted by Crippen LogP contribution is -2.13. The minimum Gasteiger partial charge on any atom is -0.465 e. The number of methoxy groups -OCH3 is 1. The molecule has 0 spiro atoms. The number of hydrogen-bond donors (Lipinski definition) is 1. The highest BCUT2D eigenvalue weighted by molar-refractivity contribution is 7.22. The molecule has 0 aliphatic rings. The first-order valence-electron chi connectivity index (χ1n) is 6.73. The van der Waals surface area contributed by atoms with Gasteiger partial charge >= 0.3 is 5.97 Å². The van der Waals surface area contributed by atoms with E-state index >= 15 is 0 Å². The third-order valence-corrected chi connectivity index (χ3v) is 4.14. The highest BCUT2D eigenvalue weighted by Crippen LogP contribution is 2.27. The number of nitrogens with one attached hydrogen (secondary N) is 1. The molecule has 24 heavy (non-hydrogen) atoms. The summed E-state index contributed by atoms with van der Waals surface area (Å²) in [6, 6.07) is 7.45. The van der Waals surface area contributed by atoms with Gasteiger partial charge in [-0.1, -0.05) is 11.3 Å². The summed E-state index contributed by atoms with van der Waals surface area (Å²) in [4.78, 5) is 27.8. The van der Waals surface area contributed by atoms with Gasteiger partial charge in [0.05, 0.1) is 28.5 Å². The van der Waals surface area contributed by atoms with Crippen molar-refractivity contribution in [1.29, 1.82) is 0 Å². The molecule has 8 heteroatoms. The van der Waals surface area contributed by atoms with E-state index in [4.69, 9.17) is 0 Å². The van der Waals surface area contributed by atoms with Gasteiger partial charge < -0.3 is 4.74 Å². The monoisotopic (exact) mass is 348 g/mol. The van der Waals surface area contributed by atoms with Crippen LogP contribution in [-0.2, 0) is 4.74 Å². The Labute approximate surface area is 138 Å². The minimum absolute atomic E-state index is 0.237. The third-order valence-electron chi connectivity index (χ3n) is 3.21. The average Bonchev–Trinajstić information content (AvgIpc) is 2.95. The second-order valence-corrected chi connectivity index (χ2v) is 5.80. The molecule has 0 radical (unpaired) electrons. The molecule has 0 atom stereocenters. The molecule has 1 amide bonds. The van der Waals surface area contributed by atoms with E-state index in [1.807, 2.05) is 0 Å². The maximum atomic E-state index is 13.6. The summed E-state index contributed by atoms with van der Waals surface area (Å²) >= 11 is 1.12. The molecule has 0 saturated heterocycles. The summed E-state index contributed by atoms with van der Waals surface area (Å²) in [6.45, 7) is 0. The lowest BCUT2D eigenvalue weighted by Gasteiger charge is -2.02. The molecule has 0 aliphatic heterocycles. The standard InChI is InChI=1S/C16H10F2N2O3S/c1-23-15(22)8-2-5-12-13(6-8)24-16(19-12)20-14(21)10-4-3-9(17)7-11(10)18/h2-7H,1H3,(H,19,20,21). The fourth-order valence-electron chi connectivity index (χ4n) is 2.06. The highest BCUT2D eigenvalue weighted by Gasteiger charge is 2.15. The Hall–Kier alpha value is -2.87. The smallest absolute Gasteiger partial charge is 0.337 e. The van der Waals surface area contributed by atoms with Crippen LogP contribution in [0.2, 0.25) is 0 Å². The first-order valence-corrected chi connectivity index (χ1v) is 7.55. The number of aromatic nitrogens is 1. The van der Waals surface area contributed by atoms with E-state index in [1.165, 1.54) is 7.11 Å². The van der Waals surface area contributed by atoms with Crippen molar-refractivity contribution >= 4 is 38.6 Å². The molecular weight excluding hydrogens is 338 g/mol. The van der Waals surface area contributed by atoms with E-state index in [1.54, 1.807) is 18.2 Å². The van der Waals surface area contributed by atoms with Crippen molar-refractivity contribution in [3.05, 3.63) is 59.2 Å². The number of rotatable bonds is 3. The molecule has 5 nitrogen and oxygen atoms in total. The van der Waals surface area contributed by atoms with Gasteiger partial charge in [-0.15, -0.1) is 0 Å². The first kappa shape index (κ1) is 16.0. The van der Waals surface area contributed by atoms with Gasteiger partial charge in [0.2, 0.25) is 0 Å². The molecule has 1 N–H and O–H groups in total. The Morgan fingerprint density at radius 2 is 1.96 bits per heavy atom. The van der Waals surface area contributed by atoms with Gasteiger partial charge in [0.25, 0.3) is 5.91 Å². The van der Waals surface area contributed by atoms with Crippen LogP contribution in [0, 0.1) is 11.6 Å². The number of nitrogens with zero attached hydrogens (tertiary/aromatic N) is 1. The number of halogens is 2. The Bertz CT molecular complexity index is 956. The molecule has 122 valence electrons. The van der Waals surface area contributed by atoms with Crippen molar-refractivity contribution in [2.75, 3.05) is 12.4 Å². The predicted octanol–water partition coefficient (Wildman–Crippen LogP) is 3.61. The van der Waals surface area contributed by atoms with Gasteiger partial charge in [0.1, 0.15) is 11.6 Å². The number of fused-ring (bicyclic) bond motifs is 1. The molecule has 0 bridgehead atoms. The normalized spacial score (nSPS) is 10.6. The highest BCUT2D eigenvalue weighted by atomic mass is 32.1. The molecular formula is C16H10F2N2O3S. The number of esters is 1. The van der Waals surface area contributed by atoms with Gasteiger partial charge in [-0.3, -0.25) is 10.1 Å². The summed E-state index contributed by atoms with van der Waals surface area (Å²) in [5, 5.41) is 2.70. The van der Waals surface area contributed by atoms with Crippen molar-refractivity contribution in [2.45, 2.75) is 0 Å². The molecule has 1 aromatic heterocycles. The number of thiazole rings is 1. The van der Waals surface area contributed by atoms with Crippen LogP contribution < -0.4 is 5.32 Å². The second-order valence-electron chi connectivity index (χ2n) is 4.77. The summed E-state index contributed by atoms with van der Waals surface area (Å²) in [6.07, 6.45) is 0. The fraction of sp³-hybridized carbons (Fsp3) is 0.0625. The maximum absolute atomic E-state index is 13.6. The zero-order valence-electron chi connectivity index (χ0n) is 12.3. The van der Waals surface area contributed by atoms with Crippen LogP contribution >= 0.6 is 11.3 Å². The van der Waals surface area contributed by atoms with Crippen molar-refractivity contribution < 1.29 is 23.1 Å². The number of anilines is 1. The average molecular weight is 348 g/mol. The van der Waals surface area contributed by atoms with Crippen molar-refractivity contribution in [3.8, 4) is 0 Å². The molecule has 0 fully saturated rings. The topological polar surface area (TPSA) is 68.3 Å². The van der Waals surface area contributed by atoms with E-state index in [0.29, 0.717) is 21.8 Å². The molecule has 2 aromatic carbocycles. The van der Waals surface area contributed by atoms with E-state index in [-0.39, 0.29) is 10.7 Å². The Morgan fingerprint density at radius 1 is 1.17 bits per heavy atom. The lowest BCUT2D eigenvalue weighted by molar-refractivity contribution is 0.0601. The maximum Gasteiger partial charge on any atom is 0.337 e. The number of carbonyl (C=O) groups is 2. The predicted molar refractivity (Wildman–Crippen MR) is 85.3 cm³/mol. The van der Waals surface area contributed by atoms with Crippen LogP contribution in [0.1, 0.15) is 20.7 Å². The number of hydrogen-bond acceptors (Lipinski definition) is 5. The second kappa shape index (κ2) is 6.32. The van der Waals surface area contributed by atoms with E-state index in [9.17, 15) is 18.4 Å². The van der Waals surface area contributed by atoms with Gasteiger partial charge in [0.15, 0.2) is 5.13 Å². The SMILES string of the molecule is COC(=O)c1ccc2nc(NC(=O)c3ccc(F)cc3F)sc2c1. The number of carbonyl (C=O) groups excluding carboxylic acids is 2. The zero-order chi connectivity index (χ0) is 17.3. The zero-order valence-corrected chi connectivity index (χ0v) is 13.1.